The minimum absolute atomic E-state index is 0.00168. The molecule has 0 aromatic heterocycles. The fourth-order valence-corrected chi connectivity index (χ4v) is 2.39. The van der Waals surface area contributed by atoms with Gasteiger partial charge in [-0.2, -0.15) is 0 Å². The minimum atomic E-state index is -0.364. The number of halogens is 1. The quantitative estimate of drug-likeness (QED) is 0.774. The standard InChI is InChI=1S/C15H21ClN4O2/c16-12-3-1-11(2-4-12)9-18-15(22)19-10-14(21)20-7-5-13(17)6-8-20/h1-4,13H,5-10,17H2,(H2,18,19,22). The molecule has 4 N–H and O–H groups in total. The van der Waals surface area contributed by atoms with Crippen molar-refractivity contribution in [1.82, 2.24) is 15.5 Å². The Balaban J connectivity index is 1.66. The third kappa shape index (κ3) is 5.20. The Kier molecular flexibility index (Phi) is 6.03. The van der Waals surface area contributed by atoms with Gasteiger partial charge in [0.05, 0.1) is 6.54 Å². The van der Waals surface area contributed by atoms with Gasteiger partial charge in [0.2, 0.25) is 5.91 Å². The van der Waals surface area contributed by atoms with Crippen LogP contribution in [0.25, 0.3) is 0 Å². The van der Waals surface area contributed by atoms with E-state index in [0.717, 1.165) is 18.4 Å². The Morgan fingerprint density at radius 3 is 2.45 bits per heavy atom. The third-order valence-corrected chi connectivity index (χ3v) is 3.91. The molecule has 1 heterocycles. The van der Waals surface area contributed by atoms with Gasteiger partial charge in [-0.3, -0.25) is 4.79 Å². The highest BCUT2D eigenvalue weighted by molar-refractivity contribution is 6.30. The van der Waals surface area contributed by atoms with Crippen molar-refractivity contribution >= 4 is 23.5 Å². The highest BCUT2D eigenvalue weighted by atomic mass is 35.5. The van der Waals surface area contributed by atoms with Crippen LogP contribution in [0.15, 0.2) is 24.3 Å². The van der Waals surface area contributed by atoms with E-state index in [0.29, 0.717) is 24.7 Å². The summed E-state index contributed by atoms with van der Waals surface area (Å²) >= 11 is 5.79. The van der Waals surface area contributed by atoms with Crippen LogP contribution in [-0.2, 0) is 11.3 Å². The summed E-state index contributed by atoms with van der Waals surface area (Å²) < 4.78 is 0. The zero-order chi connectivity index (χ0) is 15.9. The first-order chi connectivity index (χ1) is 10.5. The molecule has 1 fully saturated rings. The van der Waals surface area contributed by atoms with Crippen LogP contribution in [0.1, 0.15) is 18.4 Å². The second-order valence-electron chi connectivity index (χ2n) is 5.38. The highest BCUT2D eigenvalue weighted by Gasteiger charge is 2.20. The van der Waals surface area contributed by atoms with E-state index in [2.05, 4.69) is 10.6 Å². The normalized spacial score (nSPS) is 15.5. The van der Waals surface area contributed by atoms with Crippen LogP contribution in [0.5, 0.6) is 0 Å². The molecule has 1 aliphatic heterocycles. The molecule has 0 saturated carbocycles. The van der Waals surface area contributed by atoms with E-state index in [-0.39, 0.29) is 24.5 Å². The van der Waals surface area contributed by atoms with Gasteiger partial charge in [0.1, 0.15) is 0 Å². The van der Waals surface area contributed by atoms with Crippen LogP contribution in [-0.4, -0.2) is 42.5 Å². The zero-order valence-electron chi connectivity index (χ0n) is 12.3. The summed E-state index contributed by atoms with van der Waals surface area (Å²) in [6.07, 6.45) is 1.63. The molecule has 7 heteroatoms. The lowest BCUT2D eigenvalue weighted by Gasteiger charge is -2.30. The number of hydrogen-bond donors (Lipinski definition) is 3. The maximum Gasteiger partial charge on any atom is 0.315 e. The van der Waals surface area contributed by atoms with Crippen molar-refractivity contribution in [2.24, 2.45) is 5.73 Å². The van der Waals surface area contributed by atoms with Gasteiger partial charge in [-0.1, -0.05) is 23.7 Å². The van der Waals surface area contributed by atoms with Crippen LogP contribution < -0.4 is 16.4 Å². The summed E-state index contributed by atoms with van der Waals surface area (Å²) in [7, 11) is 0. The van der Waals surface area contributed by atoms with E-state index in [1.807, 2.05) is 12.1 Å². The van der Waals surface area contributed by atoms with E-state index < -0.39 is 0 Å². The molecule has 0 unspecified atom stereocenters. The maximum absolute atomic E-state index is 11.9. The smallest absolute Gasteiger partial charge is 0.315 e. The zero-order valence-corrected chi connectivity index (χ0v) is 13.1. The first-order valence-corrected chi connectivity index (χ1v) is 7.72. The fraction of sp³-hybridized carbons (Fsp3) is 0.467. The number of nitrogens with one attached hydrogen (secondary N) is 2. The first-order valence-electron chi connectivity index (χ1n) is 7.34. The Hall–Kier alpha value is -1.79. The topological polar surface area (TPSA) is 87.5 Å². The Labute approximate surface area is 135 Å². The number of hydrogen-bond acceptors (Lipinski definition) is 3. The van der Waals surface area contributed by atoms with Crippen molar-refractivity contribution in [2.45, 2.75) is 25.4 Å². The molecule has 0 spiro atoms. The predicted octanol–water partition coefficient (Wildman–Crippen LogP) is 1.09. The molecule has 3 amide bonds. The molecule has 22 heavy (non-hydrogen) atoms. The lowest BCUT2D eigenvalue weighted by atomic mass is 10.1. The van der Waals surface area contributed by atoms with E-state index in [4.69, 9.17) is 17.3 Å². The molecule has 0 atom stereocenters. The third-order valence-electron chi connectivity index (χ3n) is 3.66. The Morgan fingerprint density at radius 2 is 1.82 bits per heavy atom. The average molecular weight is 325 g/mol. The molecule has 2 rings (SSSR count). The average Bonchev–Trinajstić information content (AvgIpc) is 2.52. The summed E-state index contributed by atoms with van der Waals surface area (Å²) in [4.78, 5) is 25.4. The molecular formula is C15H21ClN4O2. The van der Waals surface area contributed by atoms with Gasteiger partial charge in [0.25, 0.3) is 0 Å². The van der Waals surface area contributed by atoms with Gasteiger partial charge in [0, 0.05) is 30.7 Å². The van der Waals surface area contributed by atoms with Crippen molar-refractivity contribution in [3.8, 4) is 0 Å². The predicted molar refractivity (Wildman–Crippen MR) is 85.5 cm³/mol. The van der Waals surface area contributed by atoms with Crippen molar-refractivity contribution in [1.29, 1.82) is 0 Å². The second kappa shape index (κ2) is 8.00. The van der Waals surface area contributed by atoms with Gasteiger partial charge in [-0.25, -0.2) is 4.79 Å². The molecule has 0 bridgehead atoms. The number of carbonyl (C=O) groups is 2. The van der Waals surface area contributed by atoms with Gasteiger partial charge >= 0.3 is 6.03 Å². The van der Waals surface area contributed by atoms with Gasteiger partial charge in [-0.05, 0) is 30.5 Å². The van der Waals surface area contributed by atoms with E-state index in [1.54, 1.807) is 17.0 Å². The van der Waals surface area contributed by atoms with E-state index in [9.17, 15) is 9.59 Å². The SMILES string of the molecule is NC1CCN(C(=O)CNC(=O)NCc2ccc(Cl)cc2)CC1. The number of piperidine rings is 1. The molecule has 120 valence electrons. The maximum atomic E-state index is 11.9. The summed E-state index contributed by atoms with van der Waals surface area (Å²) in [5.41, 5.74) is 6.74. The van der Waals surface area contributed by atoms with E-state index >= 15 is 0 Å². The molecule has 1 aromatic carbocycles. The highest BCUT2D eigenvalue weighted by Crippen LogP contribution is 2.09. The van der Waals surface area contributed by atoms with Crippen molar-refractivity contribution in [2.75, 3.05) is 19.6 Å². The Bertz CT molecular complexity index is 513. The van der Waals surface area contributed by atoms with Crippen LogP contribution in [0.3, 0.4) is 0 Å². The molecule has 6 nitrogen and oxygen atoms in total. The lowest BCUT2D eigenvalue weighted by molar-refractivity contribution is -0.131. The van der Waals surface area contributed by atoms with Gasteiger partial charge in [-0.15, -0.1) is 0 Å². The van der Waals surface area contributed by atoms with Gasteiger partial charge in [0.15, 0.2) is 0 Å². The number of benzene rings is 1. The Morgan fingerprint density at radius 1 is 1.18 bits per heavy atom. The summed E-state index contributed by atoms with van der Waals surface area (Å²) in [5.74, 6) is -0.0754. The van der Waals surface area contributed by atoms with Crippen molar-refractivity contribution in [3.05, 3.63) is 34.9 Å². The monoisotopic (exact) mass is 324 g/mol. The number of nitrogens with zero attached hydrogens (tertiary/aromatic N) is 1. The molecule has 1 aliphatic rings. The number of likely N-dealkylation sites (tertiary alicyclic amines) is 1. The van der Waals surface area contributed by atoms with Crippen LogP contribution >= 0.6 is 11.6 Å². The van der Waals surface area contributed by atoms with Crippen LogP contribution in [0.2, 0.25) is 5.02 Å². The van der Waals surface area contributed by atoms with E-state index in [1.165, 1.54) is 0 Å². The van der Waals surface area contributed by atoms with Crippen LogP contribution in [0, 0.1) is 0 Å². The van der Waals surface area contributed by atoms with Crippen molar-refractivity contribution < 1.29 is 9.59 Å². The molecule has 0 aliphatic carbocycles. The number of urea groups is 1. The largest absolute Gasteiger partial charge is 0.341 e. The number of amides is 3. The minimum Gasteiger partial charge on any atom is -0.341 e. The summed E-state index contributed by atoms with van der Waals surface area (Å²) in [5, 5.41) is 5.93. The number of rotatable bonds is 4. The summed E-state index contributed by atoms with van der Waals surface area (Å²) in [6.45, 7) is 1.71. The number of nitrogens with two attached hydrogens (primary N) is 1. The molecule has 0 radical (unpaired) electrons. The first kappa shape index (κ1) is 16.6. The summed E-state index contributed by atoms with van der Waals surface area (Å²) in [6, 6.07) is 7.02. The van der Waals surface area contributed by atoms with Crippen LogP contribution in [0.4, 0.5) is 4.79 Å². The second-order valence-corrected chi connectivity index (χ2v) is 5.82. The molecule has 1 aromatic rings. The fourth-order valence-electron chi connectivity index (χ4n) is 2.26. The molecular weight excluding hydrogens is 304 g/mol. The molecule has 1 saturated heterocycles. The lowest BCUT2D eigenvalue weighted by Crippen LogP contribution is -2.48. The van der Waals surface area contributed by atoms with Crippen molar-refractivity contribution in [3.63, 3.8) is 0 Å². The number of carbonyl (C=O) groups excluding carboxylic acids is 2. The van der Waals surface area contributed by atoms with Gasteiger partial charge < -0.3 is 21.3 Å².